The Hall–Kier alpha value is -1.89. The first kappa shape index (κ1) is 19.9. The lowest BCUT2D eigenvalue weighted by atomic mass is 10.0. The molecular weight excluding hydrogens is 366 g/mol. The lowest BCUT2D eigenvalue weighted by Crippen LogP contribution is -2.49. The van der Waals surface area contributed by atoms with Crippen molar-refractivity contribution in [2.45, 2.75) is 26.3 Å². The normalized spacial score (nSPS) is 16.4. The standard InChI is InChI=1S/C20H26ClN3O3/c1-14(2)11-15(24-7-9-26-10-8-24)12-22-20(25)18-19(27-13-23-18)16-5-3-4-6-17(16)21/h3-6,13-15H,7-12H2,1-2H3,(H,22,25)/t15-/m0/s1. The molecule has 1 aliphatic rings. The van der Waals surface area contributed by atoms with Gasteiger partial charge >= 0.3 is 0 Å². The molecule has 0 radical (unpaired) electrons. The number of carbonyl (C=O) groups is 1. The first-order valence-electron chi connectivity index (χ1n) is 9.34. The summed E-state index contributed by atoms with van der Waals surface area (Å²) >= 11 is 6.24. The Labute approximate surface area is 164 Å². The van der Waals surface area contributed by atoms with Crippen molar-refractivity contribution in [3.8, 4) is 11.3 Å². The zero-order chi connectivity index (χ0) is 19.2. The molecule has 1 aliphatic heterocycles. The highest BCUT2D eigenvalue weighted by Crippen LogP contribution is 2.29. The van der Waals surface area contributed by atoms with Crippen LogP contribution >= 0.6 is 11.6 Å². The number of carbonyl (C=O) groups excluding carboxylic acids is 1. The average molecular weight is 392 g/mol. The molecule has 1 aromatic carbocycles. The number of morpholine rings is 1. The van der Waals surface area contributed by atoms with Crippen LogP contribution in [-0.2, 0) is 4.74 Å². The van der Waals surface area contributed by atoms with Crippen LogP contribution < -0.4 is 5.32 Å². The van der Waals surface area contributed by atoms with Crippen LogP contribution in [0.3, 0.4) is 0 Å². The van der Waals surface area contributed by atoms with Gasteiger partial charge in [-0.05, 0) is 24.5 Å². The maximum absolute atomic E-state index is 12.8. The van der Waals surface area contributed by atoms with Crippen molar-refractivity contribution >= 4 is 17.5 Å². The van der Waals surface area contributed by atoms with Crippen molar-refractivity contribution in [3.63, 3.8) is 0 Å². The van der Waals surface area contributed by atoms with Crippen molar-refractivity contribution in [2.24, 2.45) is 5.92 Å². The molecule has 2 aromatic rings. The van der Waals surface area contributed by atoms with E-state index in [-0.39, 0.29) is 17.6 Å². The van der Waals surface area contributed by atoms with Crippen LogP contribution in [0.25, 0.3) is 11.3 Å². The molecule has 0 bridgehead atoms. The van der Waals surface area contributed by atoms with Crippen molar-refractivity contribution < 1.29 is 13.9 Å². The maximum Gasteiger partial charge on any atom is 0.273 e. The van der Waals surface area contributed by atoms with Gasteiger partial charge in [-0.15, -0.1) is 0 Å². The molecule has 1 atom stereocenters. The van der Waals surface area contributed by atoms with Gasteiger partial charge in [-0.25, -0.2) is 4.98 Å². The second-order valence-corrected chi connectivity index (χ2v) is 7.56. The molecule has 1 aromatic heterocycles. The van der Waals surface area contributed by atoms with Crippen LogP contribution in [0.5, 0.6) is 0 Å². The molecule has 2 heterocycles. The van der Waals surface area contributed by atoms with Gasteiger partial charge in [0.1, 0.15) is 0 Å². The summed E-state index contributed by atoms with van der Waals surface area (Å²) in [7, 11) is 0. The molecule has 1 fully saturated rings. The number of nitrogens with one attached hydrogen (secondary N) is 1. The van der Waals surface area contributed by atoms with E-state index < -0.39 is 0 Å². The molecule has 0 saturated carbocycles. The second kappa shape index (κ2) is 9.35. The van der Waals surface area contributed by atoms with Crippen LogP contribution in [0.15, 0.2) is 35.1 Å². The molecule has 146 valence electrons. The Balaban J connectivity index is 1.69. The average Bonchev–Trinajstić information content (AvgIpc) is 3.15. The van der Waals surface area contributed by atoms with Crippen molar-refractivity contribution in [3.05, 3.63) is 41.4 Å². The number of benzene rings is 1. The first-order valence-corrected chi connectivity index (χ1v) is 9.72. The van der Waals surface area contributed by atoms with Gasteiger partial charge in [0.2, 0.25) is 0 Å². The fraction of sp³-hybridized carbons (Fsp3) is 0.500. The van der Waals surface area contributed by atoms with Gasteiger partial charge in [-0.2, -0.15) is 0 Å². The monoisotopic (exact) mass is 391 g/mol. The van der Waals surface area contributed by atoms with Crippen molar-refractivity contribution in [1.82, 2.24) is 15.2 Å². The zero-order valence-electron chi connectivity index (χ0n) is 15.8. The van der Waals surface area contributed by atoms with E-state index in [4.69, 9.17) is 20.8 Å². The zero-order valence-corrected chi connectivity index (χ0v) is 16.5. The Kier molecular flexibility index (Phi) is 6.88. The SMILES string of the molecule is CC(C)C[C@@H](CNC(=O)c1ncoc1-c1ccccc1Cl)N1CCOCC1. The van der Waals surface area contributed by atoms with Gasteiger partial charge in [-0.1, -0.05) is 37.6 Å². The fourth-order valence-corrected chi connectivity index (χ4v) is 3.61. The molecule has 3 rings (SSSR count). The van der Waals surface area contributed by atoms with E-state index in [2.05, 4.69) is 29.0 Å². The summed E-state index contributed by atoms with van der Waals surface area (Å²) in [5.41, 5.74) is 0.919. The fourth-order valence-electron chi connectivity index (χ4n) is 3.39. The minimum atomic E-state index is -0.249. The lowest BCUT2D eigenvalue weighted by Gasteiger charge is -2.35. The van der Waals surface area contributed by atoms with E-state index in [1.807, 2.05) is 18.2 Å². The van der Waals surface area contributed by atoms with E-state index >= 15 is 0 Å². The highest BCUT2D eigenvalue weighted by atomic mass is 35.5. The Morgan fingerprint density at radius 3 is 2.74 bits per heavy atom. The summed E-state index contributed by atoms with van der Waals surface area (Å²) in [5, 5.41) is 3.55. The van der Waals surface area contributed by atoms with Gasteiger partial charge in [0.05, 0.1) is 18.2 Å². The summed E-state index contributed by atoms with van der Waals surface area (Å²) < 4.78 is 10.9. The molecular formula is C20H26ClN3O3. The summed E-state index contributed by atoms with van der Waals surface area (Å²) in [6.45, 7) is 8.21. The summed E-state index contributed by atoms with van der Waals surface area (Å²) in [6, 6.07) is 7.53. The predicted molar refractivity (Wildman–Crippen MR) is 105 cm³/mol. The number of nitrogens with zero attached hydrogens (tertiary/aromatic N) is 2. The van der Waals surface area contributed by atoms with Crippen LogP contribution in [0, 0.1) is 5.92 Å². The summed E-state index contributed by atoms with van der Waals surface area (Å²) in [5.74, 6) is 0.686. The number of oxazole rings is 1. The third-order valence-corrected chi connectivity index (χ3v) is 5.03. The number of halogens is 1. The van der Waals surface area contributed by atoms with Crippen molar-refractivity contribution in [1.29, 1.82) is 0 Å². The largest absolute Gasteiger partial charge is 0.443 e. The maximum atomic E-state index is 12.8. The van der Waals surface area contributed by atoms with E-state index in [0.29, 0.717) is 28.8 Å². The van der Waals surface area contributed by atoms with Crippen LogP contribution in [0.1, 0.15) is 30.8 Å². The number of ether oxygens (including phenoxy) is 1. The summed E-state index contributed by atoms with van der Waals surface area (Å²) in [4.78, 5) is 19.3. The highest BCUT2D eigenvalue weighted by Gasteiger charge is 2.25. The predicted octanol–water partition coefficient (Wildman–Crippen LogP) is 3.47. The molecule has 0 aliphatic carbocycles. The van der Waals surface area contributed by atoms with Gasteiger partial charge < -0.3 is 14.5 Å². The topological polar surface area (TPSA) is 67.6 Å². The number of hydrogen-bond donors (Lipinski definition) is 1. The Bertz CT molecular complexity index is 756. The number of hydrogen-bond acceptors (Lipinski definition) is 5. The van der Waals surface area contributed by atoms with Crippen molar-refractivity contribution in [2.75, 3.05) is 32.8 Å². The Morgan fingerprint density at radius 2 is 2.04 bits per heavy atom. The number of amides is 1. The van der Waals surface area contributed by atoms with Gasteiger partial charge in [0, 0.05) is 31.2 Å². The minimum Gasteiger partial charge on any atom is -0.443 e. The van der Waals surface area contributed by atoms with Gasteiger partial charge in [-0.3, -0.25) is 9.69 Å². The van der Waals surface area contributed by atoms with E-state index in [1.165, 1.54) is 6.39 Å². The van der Waals surface area contributed by atoms with Gasteiger partial charge in [0.15, 0.2) is 17.8 Å². The van der Waals surface area contributed by atoms with Crippen LogP contribution in [-0.4, -0.2) is 54.7 Å². The molecule has 0 spiro atoms. The molecule has 0 unspecified atom stereocenters. The third kappa shape index (κ3) is 5.09. The minimum absolute atomic E-state index is 0.249. The van der Waals surface area contributed by atoms with Crippen LogP contribution in [0.2, 0.25) is 5.02 Å². The number of rotatable bonds is 7. The number of aromatic nitrogens is 1. The quantitative estimate of drug-likeness (QED) is 0.782. The second-order valence-electron chi connectivity index (χ2n) is 7.15. The summed E-state index contributed by atoms with van der Waals surface area (Å²) in [6.07, 6.45) is 2.29. The molecule has 1 amide bonds. The highest BCUT2D eigenvalue weighted by molar-refractivity contribution is 6.33. The Morgan fingerprint density at radius 1 is 1.30 bits per heavy atom. The molecule has 7 heteroatoms. The molecule has 27 heavy (non-hydrogen) atoms. The molecule has 1 saturated heterocycles. The first-order chi connectivity index (χ1) is 13.1. The van der Waals surface area contributed by atoms with E-state index in [9.17, 15) is 4.79 Å². The lowest BCUT2D eigenvalue weighted by molar-refractivity contribution is 0.0124. The van der Waals surface area contributed by atoms with Crippen LogP contribution in [0.4, 0.5) is 0 Å². The molecule has 6 nitrogen and oxygen atoms in total. The van der Waals surface area contributed by atoms with E-state index in [1.54, 1.807) is 6.07 Å². The van der Waals surface area contributed by atoms with E-state index in [0.717, 1.165) is 32.7 Å². The van der Waals surface area contributed by atoms with Gasteiger partial charge in [0.25, 0.3) is 5.91 Å². The smallest absolute Gasteiger partial charge is 0.273 e. The third-order valence-electron chi connectivity index (χ3n) is 4.70. The molecule has 1 N–H and O–H groups in total.